The maximum absolute atomic E-state index is 11.2. The van der Waals surface area contributed by atoms with Crippen LogP contribution in [0, 0.1) is 5.92 Å². The van der Waals surface area contributed by atoms with Gasteiger partial charge in [0.2, 0.25) is 0 Å². The van der Waals surface area contributed by atoms with E-state index < -0.39 is 0 Å². The summed E-state index contributed by atoms with van der Waals surface area (Å²) >= 11 is 0. The molecule has 0 radical (unpaired) electrons. The molecule has 0 amide bonds. The number of Topliss-reactive ketones (excluding diaryl/α,β-unsaturated/α-hetero) is 1. The molecule has 1 nitrogen and oxygen atoms in total. The lowest BCUT2D eigenvalue weighted by atomic mass is 9.84. The molecule has 0 aliphatic heterocycles. The smallest absolute Gasteiger partial charge is 0.132 e. The molecule has 1 aromatic carbocycles. The van der Waals surface area contributed by atoms with Crippen molar-refractivity contribution in [3.8, 4) is 0 Å². The van der Waals surface area contributed by atoms with Gasteiger partial charge in [0.25, 0.3) is 0 Å². The second-order valence-electron chi connectivity index (χ2n) is 5.59. The van der Waals surface area contributed by atoms with Crippen LogP contribution in [0.2, 0.25) is 0 Å². The third-order valence-electron chi connectivity index (χ3n) is 4.07. The van der Waals surface area contributed by atoms with Gasteiger partial charge in [-0.2, -0.15) is 0 Å². The number of hydrogen-bond donors (Lipinski definition) is 0. The van der Waals surface area contributed by atoms with Crippen LogP contribution >= 0.6 is 0 Å². The highest BCUT2D eigenvalue weighted by Gasteiger charge is 2.18. The van der Waals surface area contributed by atoms with Crippen molar-refractivity contribution in [2.45, 2.75) is 58.3 Å². The molecule has 0 unspecified atom stereocenters. The molecular weight excluding hydrogens is 220 g/mol. The summed E-state index contributed by atoms with van der Waals surface area (Å²) in [6.45, 7) is 2.22. The molecule has 0 saturated heterocycles. The van der Waals surface area contributed by atoms with Gasteiger partial charge in [0.15, 0.2) is 0 Å². The van der Waals surface area contributed by atoms with Crippen molar-refractivity contribution in [3.63, 3.8) is 0 Å². The number of ketones is 1. The predicted molar refractivity (Wildman–Crippen MR) is 75.7 cm³/mol. The van der Waals surface area contributed by atoms with Crippen molar-refractivity contribution in [2.75, 3.05) is 0 Å². The third-order valence-corrected chi connectivity index (χ3v) is 4.07. The second-order valence-corrected chi connectivity index (χ2v) is 5.59. The summed E-state index contributed by atoms with van der Waals surface area (Å²) in [5, 5.41) is 0. The van der Waals surface area contributed by atoms with Gasteiger partial charge in [-0.3, -0.25) is 4.79 Å². The topological polar surface area (TPSA) is 17.1 Å². The average Bonchev–Trinajstić information content (AvgIpc) is 2.40. The minimum atomic E-state index is 0.468. The van der Waals surface area contributed by atoms with E-state index in [0.29, 0.717) is 5.78 Å². The normalized spacial score (nSPS) is 17.1. The molecule has 1 aliphatic rings. The van der Waals surface area contributed by atoms with E-state index in [1.54, 1.807) is 0 Å². The lowest BCUT2D eigenvalue weighted by molar-refractivity contribution is -0.121. The number of rotatable bonds is 5. The zero-order valence-electron chi connectivity index (χ0n) is 11.5. The van der Waals surface area contributed by atoms with Gasteiger partial charge in [0.05, 0.1) is 0 Å². The first kappa shape index (κ1) is 13.3. The highest BCUT2D eigenvalue weighted by Crippen LogP contribution is 2.25. The summed E-state index contributed by atoms with van der Waals surface area (Å²) in [5.74, 6) is 1.24. The number of hydrogen-bond acceptors (Lipinski definition) is 1. The summed E-state index contributed by atoms with van der Waals surface area (Å²) in [6.07, 6.45) is 8.70. The molecule has 18 heavy (non-hydrogen) atoms. The van der Waals surface area contributed by atoms with Crippen molar-refractivity contribution in [1.29, 1.82) is 0 Å². The molecule has 1 aliphatic carbocycles. The Hall–Kier alpha value is -1.11. The van der Waals surface area contributed by atoms with Crippen LogP contribution in [0.3, 0.4) is 0 Å². The van der Waals surface area contributed by atoms with E-state index in [0.717, 1.165) is 31.6 Å². The molecule has 1 fully saturated rings. The van der Waals surface area contributed by atoms with Gasteiger partial charge in [0.1, 0.15) is 5.78 Å². The first-order valence-electron chi connectivity index (χ1n) is 7.37. The average molecular weight is 244 g/mol. The van der Waals surface area contributed by atoms with E-state index in [2.05, 4.69) is 31.2 Å². The van der Waals surface area contributed by atoms with Crippen LogP contribution in [0.5, 0.6) is 0 Å². The molecule has 0 heterocycles. The lowest BCUT2D eigenvalue weighted by Gasteiger charge is -2.20. The molecule has 0 bridgehead atoms. The van der Waals surface area contributed by atoms with Gasteiger partial charge in [-0.25, -0.2) is 0 Å². The first-order valence-corrected chi connectivity index (χ1v) is 7.37. The van der Waals surface area contributed by atoms with Gasteiger partial charge in [-0.05, 0) is 49.1 Å². The maximum Gasteiger partial charge on any atom is 0.132 e. The fraction of sp³-hybridized carbons (Fsp3) is 0.588. The maximum atomic E-state index is 11.2. The van der Waals surface area contributed by atoms with Gasteiger partial charge in [-0.15, -0.1) is 0 Å². The van der Waals surface area contributed by atoms with Crippen molar-refractivity contribution in [3.05, 3.63) is 35.4 Å². The molecule has 98 valence electrons. The van der Waals surface area contributed by atoms with Gasteiger partial charge < -0.3 is 0 Å². The molecule has 2 rings (SSSR count). The predicted octanol–water partition coefficient (Wildman–Crippen LogP) is 4.33. The Morgan fingerprint density at radius 3 is 2.11 bits per heavy atom. The minimum Gasteiger partial charge on any atom is -0.300 e. The molecule has 0 N–H and O–H groups in total. The van der Waals surface area contributed by atoms with E-state index in [1.165, 1.54) is 36.8 Å². The van der Waals surface area contributed by atoms with E-state index in [1.807, 2.05) is 0 Å². The lowest BCUT2D eigenvalue weighted by Crippen LogP contribution is -2.14. The Balaban J connectivity index is 1.77. The second kappa shape index (κ2) is 6.72. The number of carbonyl (C=O) groups excluding carboxylic acids is 1. The quantitative estimate of drug-likeness (QED) is 0.753. The molecule has 0 aromatic heterocycles. The summed E-state index contributed by atoms with van der Waals surface area (Å²) in [5.41, 5.74) is 2.90. The fourth-order valence-corrected chi connectivity index (χ4v) is 2.82. The third kappa shape index (κ3) is 3.97. The summed E-state index contributed by atoms with van der Waals surface area (Å²) in [4.78, 5) is 11.2. The zero-order valence-corrected chi connectivity index (χ0v) is 11.5. The highest BCUT2D eigenvalue weighted by atomic mass is 16.1. The summed E-state index contributed by atoms with van der Waals surface area (Å²) in [6, 6.07) is 9.09. The number of benzene rings is 1. The Morgan fingerprint density at radius 1 is 1.00 bits per heavy atom. The molecule has 0 spiro atoms. The van der Waals surface area contributed by atoms with Gasteiger partial charge in [-0.1, -0.05) is 37.6 Å². The summed E-state index contributed by atoms with van der Waals surface area (Å²) < 4.78 is 0. The highest BCUT2D eigenvalue weighted by molar-refractivity contribution is 5.78. The minimum absolute atomic E-state index is 0.468. The Kier molecular flexibility index (Phi) is 4.98. The van der Waals surface area contributed by atoms with Crippen molar-refractivity contribution in [1.82, 2.24) is 0 Å². The molecule has 1 saturated carbocycles. The standard InChI is InChI=1S/C17H24O/c1-2-3-14-4-6-15(7-5-14)8-9-16-10-12-17(18)13-11-16/h4-7,16H,2-3,8-13H2,1H3. The van der Waals surface area contributed by atoms with Crippen LogP contribution < -0.4 is 0 Å². The largest absolute Gasteiger partial charge is 0.300 e. The van der Waals surface area contributed by atoms with Crippen molar-refractivity contribution >= 4 is 5.78 Å². The van der Waals surface area contributed by atoms with Crippen LogP contribution in [0.1, 0.15) is 56.6 Å². The van der Waals surface area contributed by atoms with E-state index in [-0.39, 0.29) is 0 Å². The number of carbonyl (C=O) groups is 1. The first-order chi connectivity index (χ1) is 8.78. The van der Waals surface area contributed by atoms with Crippen LogP contribution in [0.4, 0.5) is 0 Å². The Bertz CT molecular complexity index is 367. The Morgan fingerprint density at radius 2 is 1.56 bits per heavy atom. The van der Waals surface area contributed by atoms with E-state index in [9.17, 15) is 4.79 Å². The van der Waals surface area contributed by atoms with Gasteiger partial charge >= 0.3 is 0 Å². The molecular formula is C17H24O. The van der Waals surface area contributed by atoms with Crippen LogP contribution in [-0.4, -0.2) is 5.78 Å². The SMILES string of the molecule is CCCc1ccc(CCC2CCC(=O)CC2)cc1. The van der Waals surface area contributed by atoms with Crippen LogP contribution in [0.25, 0.3) is 0 Å². The van der Waals surface area contributed by atoms with Crippen LogP contribution in [0.15, 0.2) is 24.3 Å². The number of aryl methyl sites for hydroxylation is 2. The van der Waals surface area contributed by atoms with Gasteiger partial charge in [0, 0.05) is 12.8 Å². The molecule has 0 atom stereocenters. The fourth-order valence-electron chi connectivity index (χ4n) is 2.82. The monoisotopic (exact) mass is 244 g/mol. The van der Waals surface area contributed by atoms with Crippen LogP contribution in [-0.2, 0) is 17.6 Å². The summed E-state index contributed by atoms with van der Waals surface area (Å²) in [7, 11) is 0. The molecule has 1 aromatic rings. The van der Waals surface area contributed by atoms with E-state index >= 15 is 0 Å². The Labute approximate surface area is 111 Å². The van der Waals surface area contributed by atoms with Crippen molar-refractivity contribution < 1.29 is 4.79 Å². The zero-order chi connectivity index (χ0) is 12.8. The van der Waals surface area contributed by atoms with Crippen molar-refractivity contribution in [2.24, 2.45) is 5.92 Å². The molecule has 1 heteroatoms. The van der Waals surface area contributed by atoms with E-state index in [4.69, 9.17) is 0 Å².